The SMILES string of the molecule is CCCOC(=O)C=CC[Si](OC)(OC)OC. The summed E-state index contributed by atoms with van der Waals surface area (Å²) in [5.41, 5.74) is 0. The highest BCUT2D eigenvalue weighted by atomic mass is 28.4. The van der Waals surface area contributed by atoms with Crippen LogP contribution in [0, 0.1) is 0 Å². The standard InChI is InChI=1S/C10H20O5Si/c1-5-8-15-10(11)7-6-9-16(12-2,13-3)14-4/h6-7H,5,8-9H2,1-4H3. The number of hydrogen-bond donors (Lipinski definition) is 0. The molecule has 0 N–H and O–H groups in total. The van der Waals surface area contributed by atoms with E-state index in [1.54, 1.807) is 6.08 Å². The molecule has 0 fully saturated rings. The van der Waals surface area contributed by atoms with Crippen LogP contribution in [0.5, 0.6) is 0 Å². The second-order valence-electron chi connectivity index (χ2n) is 3.07. The third-order valence-corrected chi connectivity index (χ3v) is 4.60. The van der Waals surface area contributed by atoms with Gasteiger partial charge in [-0.15, -0.1) is 0 Å². The van der Waals surface area contributed by atoms with Crippen LogP contribution in [0.4, 0.5) is 0 Å². The smallest absolute Gasteiger partial charge is 0.463 e. The Balaban J connectivity index is 4.09. The highest BCUT2D eigenvalue weighted by molar-refractivity contribution is 6.61. The Hall–Kier alpha value is -0.693. The second kappa shape index (κ2) is 8.46. The minimum Gasteiger partial charge on any atom is -0.463 e. The van der Waals surface area contributed by atoms with E-state index >= 15 is 0 Å². The van der Waals surface area contributed by atoms with E-state index in [9.17, 15) is 4.79 Å². The zero-order valence-electron chi connectivity index (χ0n) is 10.3. The molecule has 0 aliphatic rings. The Morgan fingerprint density at radius 2 is 1.75 bits per heavy atom. The van der Waals surface area contributed by atoms with Crippen LogP contribution in [-0.2, 0) is 22.8 Å². The first kappa shape index (κ1) is 15.3. The largest absolute Gasteiger partial charge is 0.504 e. The molecule has 0 saturated heterocycles. The summed E-state index contributed by atoms with van der Waals surface area (Å²) in [6, 6.07) is 0.442. The number of esters is 1. The number of ether oxygens (including phenoxy) is 1. The van der Waals surface area contributed by atoms with Crippen molar-refractivity contribution in [2.45, 2.75) is 19.4 Å². The maximum atomic E-state index is 11.1. The van der Waals surface area contributed by atoms with Gasteiger partial charge in [-0.05, 0) is 6.42 Å². The van der Waals surface area contributed by atoms with Crippen molar-refractivity contribution in [2.75, 3.05) is 27.9 Å². The molecule has 0 bridgehead atoms. The molecule has 16 heavy (non-hydrogen) atoms. The molecule has 0 unspecified atom stereocenters. The van der Waals surface area contributed by atoms with Crippen molar-refractivity contribution in [3.63, 3.8) is 0 Å². The fourth-order valence-electron chi connectivity index (χ4n) is 1.05. The number of carbonyl (C=O) groups is 1. The van der Waals surface area contributed by atoms with Gasteiger partial charge in [-0.1, -0.05) is 13.0 Å². The van der Waals surface area contributed by atoms with Gasteiger partial charge in [0, 0.05) is 33.4 Å². The first-order chi connectivity index (χ1) is 7.64. The lowest BCUT2D eigenvalue weighted by Crippen LogP contribution is -2.42. The normalized spacial score (nSPS) is 12.0. The van der Waals surface area contributed by atoms with Crippen molar-refractivity contribution >= 4 is 14.8 Å². The monoisotopic (exact) mass is 248 g/mol. The highest BCUT2D eigenvalue weighted by Crippen LogP contribution is 2.12. The number of carbonyl (C=O) groups excluding carboxylic acids is 1. The molecule has 0 aromatic heterocycles. The van der Waals surface area contributed by atoms with Crippen molar-refractivity contribution in [3.8, 4) is 0 Å². The van der Waals surface area contributed by atoms with E-state index in [-0.39, 0.29) is 5.97 Å². The Labute approximate surface area is 97.7 Å². The number of rotatable bonds is 8. The lowest BCUT2D eigenvalue weighted by Gasteiger charge is -2.22. The highest BCUT2D eigenvalue weighted by Gasteiger charge is 2.36. The zero-order chi connectivity index (χ0) is 12.4. The molecule has 0 atom stereocenters. The second-order valence-corrected chi connectivity index (χ2v) is 6.07. The van der Waals surface area contributed by atoms with Gasteiger partial charge in [0.1, 0.15) is 0 Å². The van der Waals surface area contributed by atoms with Crippen molar-refractivity contribution in [1.82, 2.24) is 0 Å². The van der Waals surface area contributed by atoms with Crippen molar-refractivity contribution < 1.29 is 22.8 Å². The molecule has 0 heterocycles. The summed E-state index contributed by atoms with van der Waals surface area (Å²) in [6.07, 6.45) is 3.83. The van der Waals surface area contributed by atoms with E-state index in [1.807, 2.05) is 6.92 Å². The first-order valence-electron chi connectivity index (χ1n) is 5.12. The summed E-state index contributed by atoms with van der Waals surface area (Å²) in [5.74, 6) is -0.354. The predicted octanol–water partition coefficient (Wildman–Crippen LogP) is 1.37. The average Bonchev–Trinajstić information content (AvgIpc) is 2.33. The van der Waals surface area contributed by atoms with Crippen LogP contribution < -0.4 is 0 Å². The third-order valence-electron chi connectivity index (χ3n) is 2.00. The fourth-order valence-corrected chi connectivity index (χ4v) is 2.46. The van der Waals surface area contributed by atoms with Gasteiger partial charge in [-0.25, -0.2) is 4.79 Å². The van der Waals surface area contributed by atoms with E-state index in [0.717, 1.165) is 6.42 Å². The van der Waals surface area contributed by atoms with E-state index in [4.69, 9.17) is 18.0 Å². The lowest BCUT2D eigenvalue weighted by molar-refractivity contribution is -0.137. The van der Waals surface area contributed by atoms with Crippen LogP contribution in [0.15, 0.2) is 12.2 Å². The molecule has 0 spiro atoms. The minimum atomic E-state index is -2.61. The molecule has 0 radical (unpaired) electrons. The Bertz CT molecular complexity index is 217. The summed E-state index contributed by atoms with van der Waals surface area (Å²) >= 11 is 0. The molecule has 0 aromatic carbocycles. The number of allylic oxidation sites excluding steroid dienone is 1. The van der Waals surface area contributed by atoms with Gasteiger partial charge in [0.25, 0.3) is 0 Å². The van der Waals surface area contributed by atoms with Gasteiger partial charge in [0.15, 0.2) is 0 Å². The summed E-state index contributed by atoms with van der Waals surface area (Å²) in [7, 11) is 1.98. The Morgan fingerprint density at radius 1 is 1.19 bits per heavy atom. The van der Waals surface area contributed by atoms with Gasteiger partial charge >= 0.3 is 14.8 Å². The summed E-state index contributed by atoms with van der Waals surface area (Å²) in [4.78, 5) is 11.1. The topological polar surface area (TPSA) is 54.0 Å². The molecule has 0 saturated carbocycles. The third kappa shape index (κ3) is 5.41. The Kier molecular flexibility index (Phi) is 8.09. The van der Waals surface area contributed by atoms with Gasteiger partial charge in [0.05, 0.1) is 6.61 Å². The van der Waals surface area contributed by atoms with E-state index in [1.165, 1.54) is 27.4 Å². The summed E-state index contributed by atoms with van der Waals surface area (Å²) in [6.45, 7) is 2.38. The minimum absolute atomic E-state index is 0.354. The van der Waals surface area contributed by atoms with Crippen LogP contribution in [0.2, 0.25) is 6.04 Å². The molecule has 5 nitrogen and oxygen atoms in total. The predicted molar refractivity (Wildman–Crippen MR) is 62.0 cm³/mol. The number of hydrogen-bond acceptors (Lipinski definition) is 5. The average molecular weight is 248 g/mol. The maximum absolute atomic E-state index is 11.1. The van der Waals surface area contributed by atoms with Crippen LogP contribution in [0.1, 0.15) is 13.3 Å². The van der Waals surface area contributed by atoms with Gasteiger partial charge in [-0.2, -0.15) is 0 Å². The molecule has 94 valence electrons. The van der Waals surface area contributed by atoms with Gasteiger partial charge in [0.2, 0.25) is 0 Å². The van der Waals surface area contributed by atoms with Crippen molar-refractivity contribution in [2.24, 2.45) is 0 Å². The molecule has 0 aromatic rings. The molecule has 0 rings (SSSR count). The molecular weight excluding hydrogens is 228 g/mol. The van der Waals surface area contributed by atoms with E-state index in [0.29, 0.717) is 12.7 Å². The van der Waals surface area contributed by atoms with Gasteiger partial charge < -0.3 is 18.0 Å². The quantitative estimate of drug-likeness (QED) is 0.369. The molecule has 0 amide bonds. The van der Waals surface area contributed by atoms with Crippen LogP contribution in [-0.4, -0.2) is 42.7 Å². The maximum Gasteiger partial charge on any atom is 0.504 e. The zero-order valence-corrected chi connectivity index (χ0v) is 11.3. The molecule has 0 aliphatic heterocycles. The summed E-state index contributed by atoms with van der Waals surface area (Å²) < 4.78 is 20.4. The molecule has 0 aliphatic carbocycles. The lowest BCUT2D eigenvalue weighted by atomic mass is 10.5. The Morgan fingerprint density at radius 3 is 2.19 bits per heavy atom. The fraction of sp³-hybridized carbons (Fsp3) is 0.700. The van der Waals surface area contributed by atoms with Crippen molar-refractivity contribution in [1.29, 1.82) is 0 Å². The van der Waals surface area contributed by atoms with Crippen molar-refractivity contribution in [3.05, 3.63) is 12.2 Å². The first-order valence-corrected chi connectivity index (χ1v) is 7.06. The van der Waals surface area contributed by atoms with Crippen LogP contribution >= 0.6 is 0 Å². The van der Waals surface area contributed by atoms with Crippen LogP contribution in [0.25, 0.3) is 0 Å². The van der Waals surface area contributed by atoms with Gasteiger partial charge in [-0.3, -0.25) is 0 Å². The molecule has 6 heteroatoms. The summed E-state index contributed by atoms with van der Waals surface area (Å²) in [5, 5.41) is 0. The molecular formula is C10H20O5Si. The van der Waals surface area contributed by atoms with Crippen LogP contribution in [0.3, 0.4) is 0 Å². The van der Waals surface area contributed by atoms with E-state index < -0.39 is 8.80 Å². The van der Waals surface area contributed by atoms with E-state index in [2.05, 4.69) is 0 Å².